The third-order valence-corrected chi connectivity index (χ3v) is 6.49. The van der Waals surface area contributed by atoms with Crippen LogP contribution in [0.1, 0.15) is 50.5 Å². The number of nitrogens with one attached hydrogen (secondary N) is 1. The summed E-state index contributed by atoms with van der Waals surface area (Å²) in [5, 5.41) is 6.78. The smallest absolute Gasteiger partial charge is 0.259 e. The molecule has 1 atom stereocenters. The Morgan fingerprint density at radius 2 is 1.93 bits per heavy atom. The molecule has 0 bridgehead atoms. The van der Waals surface area contributed by atoms with E-state index in [9.17, 15) is 17.6 Å². The molecule has 7 nitrogen and oxygen atoms in total. The van der Waals surface area contributed by atoms with Gasteiger partial charge in [-0.2, -0.15) is 9.40 Å². The highest BCUT2D eigenvalue weighted by Crippen LogP contribution is 2.21. The summed E-state index contributed by atoms with van der Waals surface area (Å²) in [7, 11) is -3.79. The van der Waals surface area contributed by atoms with Crippen LogP contribution in [0.2, 0.25) is 0 Å². The minimum atomic E-state index is -3.79. The number of carbonyl (C=O) groups is 1. The Morgan fingerprint density at radius 1 is 1.26 bits per heavy atom. The number of amides is 1. The maximum atomic E-state index is 14.2. The van der Waals surface area contributed by atoms with Crippen LogP contribution in [0.15, 0.2) is 35.4 Å². The number of hydrogen-bond acceptors (Lipinski definition) is 4. The standard InChI is InChI=1S/C18H25FN4O3S/c1-5-13(4)23-17(10-11-20-23)21-18(24)15-12-14(8-9-16(15)19)27(25,26)22(6-2)7-3/h8-13H,5-7H2,1-4H3,(H,21,24)/t13-/m0/s1. The minimum Gasteiger partial charge on any atom is -0.307 e. The van der Waals surface area contributed by atoms with Crippen LogP contribution >= 0.6 is 0 Å². The van der Waals surface area contributed by atoms with Crippen molar-refractivity contribution in [3.05, 3.63) is 41.8 Å². The van der Waals surface area contributed by atoms with Crippen molar-refractivity contribution in [1.82, 2.24) is 14.1 Å². The number of hydrogen-bond donors (Lipinski definition) is 1. The first-order valence-corrected chi connectivity index (χ1v) is 10.3. The van der Waals surface area contributed by atoms with Crippen molar-refractivity contribution in [3.8, 4) is 0 Å². The van der Waals surface area contributed by atoms with Gasteiger partial charge in [-0.3, -0.25) is 4.79 Å². The van der Waals surface area contributed by atoms with Crippen LogP contribution in [0.5, 0.6) is 0 Å². The number of sulfonamides is 1. The predicted octanol–water partition coefficient (Wildman–Crippen LogP) is 3.28. The van der Waals surface area contributed by atoms with Crippen molar-refractivity contribution in [3.63, 3.8) is 0 Å². The van der Waals surface area contributed by atoms with E-state index in [1.807, 2.05) is 13.8 Å². The monoisotopic (exact) mass is 396 g/mol. The fourth-order valence-corrected chi connectivity index (χ4v) is 4.16. The fourth-order valence-electron chi connectivity index (χ4n) is 2.67. The molecule has 0 unspecified atom stereocenters. The van der Waals surface area contributed by atoms with Crippen molar-refractivity contribution in [2.45, 2.75) is 45.1 Å². The van der Waals surface area contributed by atoms with Crippen molar-refractivity contribution < 1.29 is 17.6 Å². The molecule has 1 aromatic heterocycles. The summed E-state index contributed by atoms with van der Waals surface area (Å²) >= 11 is 0. The van der Waals surface area contributed by atoms with Gasteiger partial charge in [-0.1, -0.05) is 20.8 Å². The molecule has 0 aliphatic rings. The molecular formula is C18H25FN4O3S. The Morgan fingerprint density at radius 3 is 2.52 bits per heavy atom. The summed E-state index contributed by atoms with van der Waals surface area (Å²) in [6, 6.07) is 4.90. The molecule has 1 N–H and O–H groups in total. The fraction of sp³-hybridized carbons (Fsp3) is 0.444. The Hall–Kier alpha value is -2.26. The number of benzene rings is 1. The Labute approximate surface area is 159 Å². The molecule has 0 saturated heterocycles. The topological polar surface area (TPSA) is 84.3 Å². The second-order valence-corrected chi connectivity index (χ2v) is 8.04. The SMILES string of the molecule is CC[C@H](C)n1nccc1NC(=O)c1cc(S(=O)(=O)N(CC)CC)ccc1F. The lowest BCUT2D eigenvalue weighted by atomic mass is 10.2. The highest BCUT2D eigenvalue weighted by Gasteiger charge is 2.24. The van der Waals surface area contributed by atoms with Gasteiger partial charge in [-0.15, -0.1) is 0 Å². The molecule has 0 aliphatic heterocycles. The Balaban J connectivity index is 2.37. The molecule has 0 radical (unpaired) electrons. The van der Waals surface area contributed by atoms with Gasteiger partial charge < -0.3 is 5.32 Å². The zero-order chi connectivity index (χ0) is 20.2. The number of carbonyl (C=O) groups excluding carboxylic acids is 1. The van der Waals surface area contributed by atoms with E-state index in [1.54, 1.807) is 30.8 Å². The van der Waals surface area contributed by atoms with E-state index in [-0.39, 0.29) is 29.6 Å². The largest absolute Gasteiger partial charge is 0.307 e. The molecule has 2 rings (SSSR count). The molecule has 0 saturated carbocycles. The van der Waals surface area contributed by atoms with Gasteiger partial charge in [0.1, 0.15) is 11.6 Å². The van der Waals surface area contributed by atoms with Crippen LogP contribution in [-0.2, 0) is 10.0 Å². The molecule has 0 spiro atoms. The number of nitrogens with zero attached hydrogens (tertiary/aromatic N) is 3. The van der Waals surface area contributed by atoms with Crippen molar-refractivity contribution in [2.75, 3.05) is 18.4 Å². The average Bonchev–Trinajstić information content (AvgIpc) is 3.10. The van der Waals surface area contributed by atoms with Crippen LogP contribution in [0, 0.1) is 5.82 Å². The predicted molar refractivity (Wildman–Crippen MR) is 102 cm³/mol. The molecule has 1 amide bonds. The van der Waals surface area contributed by atoms with E-state index >= 15 is 0 Å². The van der Waals surface area contributed by atoms with E-state index in [0.29, 0.717) is 5.82 Å². The van der Waals surface area contributed by atoms with Gasteiger partial charge in [0.2, 0.25) is 10.0 Å². The third kappa shape index (κ3) is 4.36. The molecule has 1 aromatic carbocycles. The van der Waals surface area contributed by atoms with Gasteiger partial charge in [-0.05, 0) is 31.5 Å². The van der Waals surface area contributed by atoms with Gasteiger partial charge in [0.05, 0.1) is 22.7 Å². The molecule has 0 aliphatic carbocycles. The van der Waals surface area contributed by atoms with E-state index in [1.165, 1.54) is 10.4 Å². The van der Waals surface area contributed by atoms with Crippen LogP contribution in [0.4, 0.5) is 10.2 Å². The van der Waals surface area contributed by atoms with Crippen LogP contribution in [0.3, 0.4) is 0 Å². The normalized spacial score (nSPS) is 13.0. The lowest BCUT2D eigenvalue weighted by Crippen LogP contribution is -2.31. The summed E-state index contributed by atoms with van der Waals surface area (Å²) in [4.78, 5) is 12.5. The molecule has 1 heterocycles. The average molecular weight is 396 g/mol. The molecule has 9 heteroatoms. The Kier molecular flexibility index (Phi) is 6.72. The molecular weight excluding hydrogens is 371 g/mol. The summed E-state index contributed by atoms with van der Waals surface area (Å²) < 4.78 is 42.4. The maximum absolute atomic E-state index is 14.2. The second-order valence-electron chi connectivity index (χ2n) is 6.10. The first-order chi connectivity index (χ1) is 12.8. The molecule has 0 fully saturated rings. The lowest BCUT2D eigenvalue weighted by molar-refractivity contribution is 0.102. The van der Waals surface area contributed by atoms with Gasteiger partial charge >= 0.3 is 0 Å². The van der Waals surface area contributed by atoms with Gasteiger partial charge in [-0.25, -0.2) is 17.5 Å². The molecule has 148 valence electrons. The Bertz CT molecular complexity index is 907. The van der Waals surface area contributed by atoms with Crippen molar-refractivity contribution >= 4 is 21.7 Å². The first kappa shape index (κ1) is 21.0. The van der Waals surface area contributed by atoms with E-state index < -0.39 is 21.7 Å². The van der Waals surface area contributed by atoms with Crippen LogP contribution in [0.25, 0.3) is 0 Å². The zero-order valence-electron chi connectivity index (χ0n) is 15.9. The lowest BCUT2D eigenvalue weighted by Gasteiger charge is -2.19. The van der Waals surface area contributed by atoms with Crippen LogP contribution in [-0.4, -0.2) is 41.5 Å². The van der Waals surface area contributed by atoms with E-state index in [2.05, 4.69) is 10.4 Å². The second kappa shape index (κ2) is 8.62. The summed E-state index contributed by atoms with van der Waals surface area (Å²) in [6.07, 6.45) is 2.34. The maximum Gasteiger partial charge on any atom is 0.259 e. The van der Waals surface area contributed by atoms with Crippen LogP contribution < -0.4 is 5.32 Å². The highest BCUT2D eigenvalue weighted by atomic mass is 32.2. The number of aromatic nitrogens is 2. The molecule has 27 heavy (non-hydrogen) atoms. The zero-order valence-corrected chi connectivity index (χ0v) is 16.8. The number of rotatable bonds is 8. The van der Waals surface area contributed by atoms with E-state index in [4.69, 9.17) is 0 Å². The quantitative estimate of drug-likeness (QED) is 0.742. The summed E-state index contributed by atoms with van der Waals surface area (Å²) in [5.74, 6) is -1.10. The molecule has 2 aromatic rings. The van der Waals surface area contributed by atoms with Gasteiger partial charge in [0.25, 0.3) is 5.91 Å². The van der Waals surface area contributed by atoms with Crippen molar-refractivity contribution in [2.24, 2.45) is 0 Å². The first-order valence-electron chi connectivity index (χ1n) is 8.90. The number of halogens is 1. The van der Waals surface area contributed by atoms with Gasteiger partial charge in [0, 0.05) is 19.2 Å². The summed E-state index contributed by atoms with van der Waals surface area (Å²) in [5.41, 5.74) is -0.333. The van der Waals surface area contributed by atoms with E-state index in [0.717, 1.165) is 18.6 Å². The van der Waals surface area contributed by atoms with Crippen molar-refractivity contribution in [1.29, 1.82) is 0 Å². The number of anilines is 1. The highest BCUT2D eigenvalue weighted by molar-refractivity contribution is 7.89. The van der Waals surface area contributed by atoms with Gasteiger partial charge in [0.15, 0.2) is 0 Å². The minimum absolute atomic E-state index is 0.0505. The summed E-state index contributed by atoms with van der Waals surface area (Å²) in [6.45, 7) is 7.93. The third-order valence-electron chi connectivity index (χ3n) is 4.45.